The predicted molar refractivity (Wildman–Crippen MR) is 149 cm³/mol. The van der Waals surface area contributed by atoms with Gasteiger partial charge in [-0.05, 0) is 13.3 Å². The summed E-state index contributed by atoms with van der Waals surface area (Å²) in [4.78, 5) is 48.0. The van der Waals surface area contributed by atoms with Crippen molar-refractivity contribution < 1.29 is 34.1 Å². The first-order valence-corrected chi connectivity index (χ1v) is 14.8. The topological polar surface area (TPSA) is 134 Å². The lowest BCUT2D eigenvalue weighted by molar-refractivity contribution is -0.164. The number of carbonyl (C=O) groups excluding carboxylic acids is 3. The summed E-state index contributed by atoms with van der Waals surface area (Å²) in [5, 5.41) is 23.3. The number of β-lactam (4-membered cyclic amide) rings is 1. The number of nitrogens with zero attached hydrogens (tertiary/aromatic N) is 4. The second-order valence-electron chi connectivity index (χ2n) is 10.1. The van der Waals surface area contributed by atoms with Crippen molar-refractivity contribution in [3.63, 3.8) is 0 Å². The summed E-state index contributed by atoms with van der Waals surface area (Å²) in [6, 6.07) is -1.01. The van der Waals surface area contributed by atoms with Crippen molar-refractivity contribution in [3.05, 3.63) is 59.5 Å². The van der Waals surface area contributed by atoms with Crippen molar-refractivity contribution in [2.24, 2.45) is 11.8 Å². The number of thiazole rings is 1. The standard InChI is InChI=1S/C27H32N4O7S2/c1-5-8-37-26(35)21-23(14(3)20-19(15(4)32)25(34)31(20)21)40-16-11-17(30(13-16)27(36)38-9-6-2)22(33)24-28-12-18-29(24)7-10-39-18/h5-7,10,12,14-17,19-20,22,32-33H,1-2,8-9,11,13H2,3-4H3/t14-,15-,16+,17+,19-,20-,22?/m1/s1. The molecule has 5 rings (SSSR count). The lowest BCUT2D eigenvalue weighted by Gasteiger charge is -2.46. The van der Waals surface area contributed by atoms with Crippen molar-refractivity contribution in [3.8, 4) is 0 Å². The largest absolute Gasteiger partial charge is 0.457 e. The van der Waals surface area contributed by atoms with E-state index in [0.29, 0.717) is 17.2 Å². The van der Waals surface area contributed by atoms with Crippen LogP contribution in [0.3, 0.4) is 0 Å². The Labute approximate surface area is 239 Å². The van der Waals surface area contributed by atoms with E-state index in [1.54, 1.807) is 17.5 Å². The van der Waals surface area contributed by atoms with Gasteiger partial charge in [0.15, 0.2) is 0 Å². The van der Waals surface area contributed by atoms with Crippen LogP contribution in [0.15, 0.2) is 53.7 Å². The number of aromatic nitrogens is 2. The van der Waals surface area contributed by atoms with Gasteiger partial charge in [-0.25, -0.2) is 14.6 Å². The molecule has 40 heavy (non-hydrogen) atoms. The highest BCUT2D eigenvalue weighted by Gasteiger charge is 2.60. The van der Waals surface area contributed by atoms with E-state index in [-0.39, 0.29) is 48.6 Å². The Morgan fingerprint density at radius 2 is 2.00 bits per heavy atom. The first kappa shape index (κ1) is 28.4. The van der Waals surface area contributed by atoms with Gasteiger partial charge in [-0.2, -0.15) is 0 Å². The van der Waals surface area contributed by atoms with Crippen molar-refractivity contribution in [2.45, 2.75) is 49.8 Å². The minimum atomic E-state index is -1.09. The Hall–Kier alpha value is -3.13. The monoisotopic (exact) mass is 588 g/mol. The number of imidazole rings is 1. The molecule has 0 aromatic carbocycles. The highest BCUT2D eigenvalue weighted by molar-refractivity contribution is 8.03. The van der Waals surface area contributed by atoms with Gasteiger partial charge in [0.05, 0.1) is 30.3 Å². The van der Waals surface area contributed by atoms with Crippen LogP contribution in [-0.4, -0.2) is 90.6 Å². The molecule has 3 aliphatic rings. The van der Waals surface area contributed by atoms with Crippen LogP contribution in [0.4, 0.5) is 4.79 Å². The Morgan fingerprint density at radius 3 is 2.70 bits per heavy atom. The third-order valence-electron chi connectivity index (χ3n) is 7.61. The fraction of sp³-hybridized carbons (Fsp3) is 0.481. The number of likely N-dealkylation sites (tertiary alicyclic amines) is 1. The van der Waals surface area contributed by atoms with Gasteiger partial charge >= 0.3 is 12.1 Å². The van der Waals surface area contributed by atoms with Crippen LogP contribution in [0.25, 0.3) is 4.83 Å². The van der Waals surface area contributed by atoms with E-state index in [1.165, 1.54) is 45.1 Å². The number of aliphatic hydroxyl groups is 2. The van der Waals surface area contributed by atoms with Crippen molar-refractivity contribution >= 4 is 45.9 Å². The number of carbonyl (C=O) groups is 3. The molecule has 5 heterocycles. The molecule has 3 aliphatic heterocycles. The van der Waals surface area contributed by atoms with Crippen LogP contribution in [0.1, 0.15) is 32.2 Å². The smallest absolute Gasteiger partial charge is 0.410 e. The number of thioether (sulfide) groups is 1. The van der Waals surface area contributed by atoms with Crippen molar-refractivity contribution in [2.75, 3.05) is 19.8 Å². The molecule has 2 saturated heterocycles. The molecule has 0 spiro atoms. The van der Waals surface area contributed by atoms with Crippen molar-refractivity contribution in [1.82, 2.24) is 19.2 Å². The number of esters is 1. The molecule has 11 nitrogen and oxygen atoms in total. The third kappa shape index (κ3) is 4.74. The summed E-state index contributed by atoms with van der Waals surface area (Å²) in [7, 11) is 0. The normalized spacial score (nSPS) is 27.4. The summed E-state index contributed by atoms with van der Waals surface area (Å²) in [5.41, 5.74) is 0.171. The number of hydrogen-bond acceptors (Lipinski definition) is 10. The Balaban J connectivity index is 1.44. The highest BCUT2D eigenvalue weighted by atomic mass is 32.2. The minimum absolute atomic E-state index is 0.0107. The molecule has 0 saturated carbocycles. The first-order chi connectivity index (χ1) is 19.2. The number of ether oxygens (including phenoxy) is 2. The highest BCUT2D eigenvalue weighted by Crippen LogP contribution is 2.53. The summed E-state index contributed by atoms with van der Waals surface area (Å²) < 4.78 is 12.5. The summed E-state index contributed by atoms with van der Waals surface area (Å²) in [6.45, 7) is 10.9. The Kier molecular flexibility index (Phi) is 8.09. The molecule has 1 unspecified atom stereocenters. The van der Waals surface area contributed by atoms with Gasteiger partial charge in [0.2, 0.25) is 5.91 Å². The SMILES string of the molecule is C=CCOC(=O)C1=C(S[C@H]2C[C@@H](C(O)c3ncc4sccn34)N(C(=O)OCC=C)C2)[C@H](C)[C@@H]2[C@@H]([C@@H](C)O)C(=O)N12. The number of rotatable bonds is 10. The number of amides is 2. The van der Waals surface area contributed by atoms with E-state index in [4.69, 9.17) is 9.47 Å². The van der Waals surface area contributed by atoms with E-state index in [9.17, 15) is 24.6 Å². The lowest BCUT2D eigenvalue weighted by Crippen LogP contribution is -2.63. The fourth-order valence-electron chi connectivity index (χ4n) is 5.83. The second kappa shape index (κ2) is 11.4. The zero-order chi connectivity index (χ0) is 28.7. The van der Waals surface area contributed by atoms with Gasteiger partial charge in [0, 0.05) is 34.2 Å². The molecule has 214 valence electrons. The van der Waals surface area contributed by atoms with Gasteiger partial charge < -0.3 is 29.5 Å². The predicted octanol–water partition coefficient (Wildman–Crippen LogP) is 2.73. The molecule has 13 heteroatoms. The molecule has 2 N–H and O–H groups in total. The zero-order valence-corrected chi connectivity index (χ0v) is 23.8. The van der Waals surface area contributed by atoms with Gasteiger partial charge in [-0.15, -0.1) is 23.1 Å². The van der Waals surface area contributed by atoms with E-state index >= 15 is 0 Å². The molecule has 0 aliphatic carbocycles. The number of aliphatic hydroxyl groups excluding tert-OH is 2. The van der Waals surface area contributed by atoms with Crippen LogP contribution < -0.4 is 0 Å². The van der Waals surface area contributed by atoms with Gasteiger partial charge in [0.25, 0.3) is 0 Å². The fourth-order valence-corrected chi connectivity index (χ4v) is 8.07. The second-order valence-corrected chi connectivity index (χ2v) is 12.4. The quantitative estimate of drug-likeness (QED) is 0.244. The lowest BCUT2D eigenvalue weighted by atomic mass is 9.79. The molecule has 0 bridgehead atoms. The first-order valence-electron chi connectivity index (χ1n) is 13.0. The van der Waals surface area contributed by atoms with E-state index in [2.05, 4.69) is 18.1 Å². The molecule has 0 radical (unpaired) electrons. The maximum absolute atomic E-state index is 13.1. The maximum atomic E-state index is 13.1. The van der Waals surface area contributed by atoms with Crippen LogP contribution in [-0.2, 0) is 19.1 Å². The average Bonchev–Trinajstić information content (AvgIpc) is 3.69. The zero-order valence-electron chi connectivity index (χ0n) is 22.2. The molecule has 2 aromatic heterocycles. The van der Waals surface area contributed by atoms with Gasteiger partial charge in [0.1, 0.15) is 35.7 Å². The summed E-state index contributed by atoms with van der Waals surface area (Å²) in [5.74, 6) is -1.39. The van der Waals surface area contributed by atoms with Crippen LogP contribution in [0.5, 0.6) is 0 Å². The number of hydrogen-bond donors (Lipinski definition) is 2. The number of fused-ring (bicyclic) bond motifs is 2. The van der Waals surface area contributed by atoms with Crippen molar-refractivity contribution in [1.29, 1.82) is 0 Å². The minimum Gasteiger partial charge on any atom is -0.457 e. The molecule has 7 atom stereocenters. The average molecular weight is 589 g/mol. The summed E-state index contributed by atoms with van der Waals surface area (Å²) >= 11 is 2.88. The van der Waals surface area contributed by atoms with Crippen LogP contribution >= 0.6 is 23.1 Å². The van der Waals surface area contributed by atoms with Crippen LogP contribution in [0, 0.1) is 11.8 Å². The maximum Gasteiger partial charge on any atom is 0.410 e. The van der Waals surface area contributed by atoms with E-state index in [0.717, 1.165) is 4.83 Å². The third-order valence-corrected chi connectivity index (χ3v) is 9.91. The van der Waals surface area contributed by atoms with Crippen LogP contribution in [0.2, 0.25) is 0 Å². The molecule has 2 amide bonds. The van der Waals surface area contributed by atoms with E-state index in [1.807, 2.05) is 18.5 Å². The molecular weight excluding hydrogens is 556 g/mol. The Bertz CT molecular complexity index is 1370. The molecule has 2 aromatic rings. The Morgan fingerprint density at radius 1 is 1.27 bits per heavy atom. The van der Waals surface area contributed by atoms with Gasteiger partial charge in [-0.1, -0.05) is 32.2 Å². The van der Waals surface area contributed by atoms with E-state index < -0.39 is 36.2 Å². The molecular formula is C27H32N4O7S2. The summed E-state index contributed by atoms with van der Waals surface area (Å²) in [6.07, 6.45) is 4.27. The molecule has 2 fully saturated rings. The van der Waals surface area contributed by atoms with Gasteiger partial charge in [-0.3, -0.25) is 9.20 Å².